The molecule has 0 aromatic carbocycles. The SMILES string of the molecule is COCC(=O)NC12CC(CN3C(C#N)=CC4(C)C3=CC=C(CN3CCC(CNc5ncnc6sc(CC(F)(F)F)cc56)CC3)C4C)(C1)C2. The number of likely N-dealkylation sites (tertiary alicyclic amines) is 1. The van der Waals surface area contributed by atoms with Gasteiger partial charge in [0.2, 0.25) is 5.91 Å². The number of thiophene rings is 1. The molecule has 1 saturated heterocycles. The Morgan fingerprint density at radius 1 is 1.21 bits per heavy atom. The van der Waals surface area contributed by atoms with Crippen molar-refractivity contribution in [2.24, 2.45) is 22.7 Å². The lowest BCUT2D eigenvalue weighted by Crippen LogP contribution is -2.77. The fraction of sp³-hybridized carbons (Fsp3) is 0.600. The van der Waals surface area contributed by atoms with E-state index in [9.17, 15) is 23.2 Å². The Morgan fingerprint density at radius 2 is 1.96 bits per heavy atom. The molecule has 9 nitrogen and oxygen atoms in total. The summed E-state index contributed by atoms with van der Waals surface area (Å²) in [4.78, 5) is 26.2. The number of carbonyl (C=O) groups excluding carboxylic acids is 1. The Bertz CT molecular complexity index is 1720. The maximum atomic E-state index is 12.9. The van der Waals surface area contributed by atoms with Gasteiger partial charge in [-0.3, -0.25) is 9.69 Å². The summed E-state index contributed by atoms with van der Waals surface area (Å²) in [5, 5.41) is 17.3. The molecule has 0 radical (unpaired) electrons. The number of piperidine rings is 1. The number of hydrogen-bond donors (Lipinski definition) is 2. The molecular weight excluding hydrogens is 639 g/mol. The van der Waals surface area contributed by atoms with Crippen LogP contribution in [0.4, 0.5) is 19.0 Å². The number of carbonyl (C=O) groups is 1. The Labute approximate surface area is 282 Å². The van der Waals surface area contributed by atoms with Crippen molar-refractivity contribution in [1.82, 2.24) is 25.1 Å². The standard InChI is InChI=1S/C35H42F3N7O2S/c1-22-24(4-5-28-32(22,2)11-25(13-39)45(28)20-33-17-34(18-33,19-33)43-29(46)16-47-3)15-44-8-6-23(7-9-44)14-40-30-27-10-26(12-35(36,37)38)48-31(27)42-21-41-30/h4-5,10-11,21-23H,6-9,12,14-20H2,1-3H3,(H,43,46)(H,40,41,42). The zero-order chi connectivity index (χ0) is 33.9. The molecule has 6 aliphatic rings. The average Bonchev–Trinajstić information content (AvgIpc) is 3.53. The van der Waals surface area contributed by atoms with Gasteiger partial charge in [0, 0.05) is 48.3 Å². The molecule has 2 bridgehead atoms. The monoisotopic (exact) mass is 681 g/mol. The molecule has 1 amide bonds. The lowest BCUT2D eigenvalue weighted by Gasteiger charge is -2.71. The second kappa shape index (κ2) is 12.1. The zero-order valence-electron chi connectivity index (χ0n) is 27.6. The number of halogens is 3. The summed E-state index contributed by atoms with van der Waals surface area (Å²) in [7, 11) is 1.53. The minimum absolute atomic E-state index is 0.0643. The van der Waals surface area contributed by atoms with Gasteiger partial charge in [0.05, 0.1) is 11.8 Å². The molecule has 3 saturated carbocycles. The van der Waals surface area contributed by atoms with Gasteiger partial charge in [-0.25, -0.2) is 9.97 Å². The van der Waals surface area contributed by atoms with Crippen LogP contribution in [0, 0.1) is 34.0 Å². The van der Waals surface area contributed by atoms with E-state index in [1.807, 2.05) is 0 Å². The van der Waals surface area contributed by atoms with Crippen LogP contribution in [-0.4, -0.2) is 83.8 Å². The Hall–Kier alpha value is -3.47. The molecule has 4 aliphatic carbocycles. The maximum Gasteiger partial charge on any atom is 0.393 e. The number of fused-ring (bicyclic) bond motifs is 2. The number of alkyl halides is 3. The van der Waals surface area contributed by atoms with E-state index in [4.69, 9.17) is 4.74 Å². The van der Waals surface area contributed by atoms with E-state index in [1.165, 1.54) is 24.7 Å². The molecule has 2 unspecified atom stereocenters. The van der Waals surface area contributed by atoms with Gasteiger partial charge in [-0.1, -0.05) is 18.6 Å². The van der Waals surface area contributed by atoms with Crippen molar-refractivity contribution in [1.29, 1.82) is 5.26 Å². The van der Waals surface area contributed by atoms with Gasteiger partial charge in [0.15, 0.2) is 0 Å². The van der Waals surface area contributed by atoms with Crippen molar-refractivity contribution in [3.63, 3.8) is 0 Å². The van der Waals surface area contributed by atoms with Gasteiger partial charge in [0.1, 0.15) is 35.3 Å². The van der Waals surface area contributed by atoms with Crippen molar-refractivity contribution >= 4 is 33.3 Å². The van der Waals surface area contributed by atoms with Gasteiger partial charge in [-0.15, -0.1) is 11.3 Å². The molecule has 8 rings (SSSR count). The second-order valence-corrected chi connectivity index (χ2v) is 16.0. The minimum Gasteiger partial charge on any atom is -0.375 e. The molecule has 0 spiro atoms. The predicted molar refractivity (Wildman–Crippen MR) is 178 cm³/mol. The Kier molecular flexibility index (Phi) is 8.36. The molecule has 13 heteroatoms. The summed E-state index contributed by atoms with van der Waals surface area (Å²) in [5.41, 5.74) is 3.06. The topological polar surface area (TPSA) is 106 Å². The van der Waals surface area contributed by atoms with Crippen molar-refractivity contribution in [2.45, 2.75) is 64.1 Å². The zero-order valence-corrected chi connectivity index (χ0v) is 28.4. The van der Waals surface area contributed by atoms with Gasteiger partial charge in [-0.05, 0) is 87.6 Å². The molecular formula is C35H42F3N7O2S. The van der Waals surface area contributed by atoms with Crippen LogP contribution in [0.3, 0.4) is 0 Å². The summed E-state index contributed by atoms with van der Waals surface area (Å²) in [6.45, 7) is 8.94. The number of amides is 1. The van der Waals surface area contributed by atoms with Gasteiger partial charge in [0.25, 0.3) is 0 Å². The first-order valence-corrected chi connectivity index (χ1v) is 17.5. The number of nitrogens with one attached hydrogen (secondary N) is 2. The summed E-state index contributed by atoms with van der Waals surface area (Å²) < 4.78 is 43.8. The lowest BCUT2D eigenvalue weighted by atomic mass is 9.39. The van der Waals surface area contributed by atoms with E-state index in [-0.39, 0.29) is 39.7 Å². The number of anilines is 1. The highest BCUT2D eigenvalue weighted by atomic mass is 32.1. The molecule has 2 atom stereocenters. The molecule has 2 N–H and O–H groups in total. The van der Waals surface area contributed by atoms with E-state index in [0.29, 0.717) is 28.5 Å². The smallest absolute Gasteiger partial charge is 0.375 e. The normalized spacial score (nSPS) is 30.1. The number of aromatic nitrogens is 2. The highest BCUT2D eigenvalue weighted by molar-refractivity contribution is 7.18. The molecule has 2 aliphatic heterocycles. The van der Waals surface area contributed by atoms with Crippen LogP contribution < -0.4 is 10.6 Å². The van der Waals surface area contributed by atoms with E-state index >= 15 is 0 Å². The van der Waals surface area contributed by atoms with Crippen LogP contribution in [-0.2, 0) is 16.0 Å². The van der Waals surface area contributed by atoms with E-state index in [2.05, 4.69) is 68.5 Å². The van der Waals surface area contributed by atoms with E-state index < -0.39 is 12.6 Å². The third kappa shape index (κ3) is 6.11. The van der Waals surface area contributed by atoms with Crippen molar-refractivity contribution in [2.75, 3.05) is 51.8 Å². The summed E-state index contributed by atoms with van der Waals surface area (Å²) in [6, 6.07) is 4.04. The summed E-state index contributed by atoms with van der Waals surface area (Å²) in [5.74, 6) is 1.22. The average molecular weight is 682 g/mol. The molecule has 4 heterocycles. The van der Waals surface area contributed by atoms with Crippen LogP contribution in [0.15, 0.2) is 47.6 Å². The van der Waals surface area contributed by atoms with Crippen molar-refractivity contribution in [3.05, 3.63) is 52.5 Å². The first kappa shape index (κ1) is 33.0. The predicted octanol–water partition coefficient (Wildman–Crippen LogP) is 5.79. The first-order chi connectivity index (χ1) is 22.8. The maximum absolute atomic E-state index is 12.9. The number of methoxy groups -OCH3 is 1. The van der Waals surface area contributed by atoms with Crippen molar-refractivity contribution in [3.8, 4) is 6.07 Å². The number of nitrogens with zero attached hydrogens (tertiary/aromatic N) is 5. The highest BCUT2D eigenvalue weighted by Gasteiger charge is 2.69. The van der Waals surface area contributed by atoms with Gasteiger partial charge < -0.3 is 20.3 Å². The van der Waals surface area contributed by atoms with Crippen LogP contribution in [0.5, 0.6) is 0 Å². The van der Waals surface area contributed by atoms with Crippen LogP contribution in [0.2, 0.25) is 0 Å². The van der Waals surface area contributed by atoms with Gasteiger partial charge >= 0.3 is 6.18 Å². The second-order valence-electron chi connectivity index (χ2n) is 14.9. The quantitative estimate of drug-likeness (QED) is 0.307. The highest BCUT2D eigenvalue weighted by Crippen LogP contribution is 2.68. The minimum atomic E-state index is -4.25. The molecule has 4 fully saturated rings. The third-order valence-corrected chi connectivity index (χ3v) is 12.4. The molecule has 2 aromatic rings. The number of nitriles is 1. The van der Waals surface area contributed by atoms with Crippen LogP contribution in [0.1, 0.15) is 50.8 Å². The largest absolute Gasteiger partial charge is 0.393 e. The summed E-state index contributed by atoms with van der Waals surface area (Å²) >= 11 is 1.07. The molecule has 256 valence electrons. The van der Waals surface area contributed by atoms with Crippen molar-refractivity contribution < 1.29 is 22.7 Å². The van der Waals surface area contributed by atoms with Crippen LogP contribution in [0.25, 0.3) is 10.2 Å². The van der Waals surface area contributed by atoms with E-state index in [0.717, 1.165) is 75.3 Å². The number of allylic oxidation sites excluding steroid dienone is 4. The lowest BCUT2D eigenvalue weighted by molar-refractivity contribution is -0.171. The first-order valence-electron chi connectivity index (χ1n) is 16.7. The number of ether oxygens (including phenoxy) is 1. The number of hydrogen-bond acceptors (Lipinski definition) is 9. The molecule has 48 heavy (non-hydrogen) atoms. The van der Waals surface area contributed by atoms with E-state index in [1.54, 1.807) is 6.07 Å². The summed E-state index contributed by atoms with van der Waals surface area (Å²) in [6.07, 6.45) is 7.72. The van der Waals surface area contributed by atoms with Crippen LogP contribution >= 0.6 is 11.3 Å². The number of rotatable bonds is 11. The fourth-order valence-corrected chi connectivity index (χ4v) is 9.94. The van der Waals surface area contributed by atoms with Gasteiger partial charge in [-0.2, -0.15) is 18.4 Å². The third-order valence-electron chi connectivity index (χ3n) is 11.3. The Morgan fingerprint density at radius 3 is 2.65 bits per heavy atom. The molecule has 2 aromatic heterocycles. The Balaban J connectivity index is 0.935. The fourth-order valence-electron chi connectivity index (χ4n) is 8.92.